The molecule has 0 saturated carbocycles. The Morgan fingerprint density at radius 3 is 2.00 bits per heavy atom. The van der Waals surface area contributed by atoms with Crippen molar-refractivity contribution in [1.29, 1.82) is 0 Å². The minimum atomic E-state index is -0.00300. The van der Waals surface area contributed by atoms with Gasteiger partial charge in [-0.3, -0.25) is 9.59 Å². The van der Waals surface area contributed by atoms with Crippen molar-refractivity contribution in [3.8, 4) is 0 Å². The Bertz CT molecular complexity index is 956. The quantitative estimate of drug-likeness (QED) is 0.318. The molecule has 0 aliphatic carbocycles. The van der Waals surface area contributed by atoms with Gasteiger partial charge in [-0.15, -0.1) is 0 Å². The van der Waals surface area contributed by atoms with E-state index in [1.54, 1.807) is 17.8 Å². The molecule has 0 N–H and O–H groups in total. The largest absolute Gasteiger partial charge is 0.294 e. The van der Waals surface area contributed by atoms with Crippen LogP contribution < -0.4 is 0 Å². The van der Waals surface area contributed by atoms with Crippen LogP contribution in [0.2, 0.25) is 0 Å². The van der Waals surface area contributed by atoms with E-state index in [0.717, 1.165) is 27.3 Å². The number of hydrogen-bond acceptors (Lipinski definition) is 3. The summed E-state index contributed by atoms with van der Waals surface area (Å²) in [4.78, 5) is 26.2. The van der Waals surface area contributed by atoms with Gasteiger partial charge in [-0.25, -0.2) is 0 Å². The molecule has 0 heterocycles. The molecule has 0 atom stereocenters. The topological polar surface area (TPSA) is 34.1 Å². The van der Waals surface area contributed by atoms with Crippen molar-refractivity contribution in [2.45, 2.75) is 29.6 Å². The summed E-state index contributed by atoms with van der Waals surface area (Å²) in [5.74, 6) is 0.192. The summed E-state index contributed by atoms with van der Waals surface area (Å²) in [6.07, 6.45) is 4.89. The summed E-state index contributed by atoms with van der Waals surface area (Å²) in [6, 6.07) is 25.1. The molecular weight excluding hydrogens is 364 g/mol. The van der Waals surface area contributed by atoms with Gasteiger partial charge in [0.1, 0.15) is 0 Å². The van der Waals surface area contributed by atoms with Gasteiger partial charge in [-0.05, 0) is 42.3 Å². The summed E-state index contributed by atoms with van der Waals surface area (Å²) in [5, 5.41) is 0. The first-order chi connectivity index (χ1) is 13.7. The van der Waals surface area contributed by atoms with Gasteiger partial charge in [-0.2, -0.15) is 0 Å². The van der Waals surface area contributed by atoms with Gasteiger partial charge in [0.25, 0.3) is 0 Å². The first-order valence-corrected chi connectivity index (χ1v) is 10.2. The summed E-state index contributed by atoms with van der Waals surface area (Å²) < 4.78 is 0. The first-order valence-electron chi connectivity index (χ1n) is 9.34. The number of Topliss-reactive ketones (excluding diaryl/α,β-unsaturated/α-hetero) is 1. The number of carbonyl (C=O) groups is 2. The lowest BCUT2D eigenvalue weighted by Crippen LogP contribution is -1.97. The Morgan fingerprint density at radius 1 is 0.786 bits per heavy atom. The van der Waals surface area contributed by atoms with Gasteiger partial charge in [0.05, 0.1) is 0 Å². The summed E-state index contributed by atoms with van der Waals surface area (Å²) in [6.45, 7) is 2.01. The zero-order chi connectivity index (χ0) is 19.8. The number of rotatable bonds is 8. The van der Waals surface area contributed by atoms with Crippen LogP contribution in [0, 0.1) is 0 Å². The Kier molecular flexibility index (Phi) is 6.99. The minimum absolute atomic E-state index is 0.00300. The van der Waals surface area contributed by atoms with Crippen LogP contribution in [0.4, 0.5) is 0 Å². The van der Waals surface area contributed by atoms with Crippen LogP contribution in [-0.2, 0) is 0 Å². The maximum absolute atomic E-state index is 12.1. The van der Waals surface area contributed by atoms with Crippen LogP contribution in [0.15, 0.2) is 94.7 Å². The van der Waals surface area contributed by atoms with Crippen LogP contribution in [0.1, 0.15) is 46.0 Å². The SMILES string of the molecule is CCCC(=O)c1ccc(Sc2ccc(C=CC(=O)c3ccccc3)cc2)cc1. The predicted molar refractivity (Wildman–Crippen MR) is 116 cm³/mol. The van der Waals surface area contributed by atoms with Crippen molar-refractivity contribution < 1.29 is 9.59 Å². The van der Waals surface area contributed by atoms with E-state index >= 15 is 0 Å². The number of allylic oxidation sites excluding steroid dienone is 1. The summed E-state index contributed by atoms with van der Waals surface area (Å²) in [7, 11) is 0. The van der Waals surface area contributed by atoms with Crippen molar-refractivity contribution in [3.63, 3.8) is 0 Å². The molecule has 3 heteroatoms. The van der Waals surface area contributed by atoms with Gasteiger partial charge >= 0.3 is 0 Å². The maximum Gasteiger partial charge on any atom is 0.185 e. The number of ketones is 2. The lowest BCUT2D eigenvalue weighted by atomic mass is 10.1. The van der Waals surface area contributed by atoms with Crippen LogP contribution in [-0.4, -0.2) is 11.6 Å². The second-order valence-corrected chi connectivity index (χ2v) is 7.58. The molecule has 0 saturated heterocycles. The fraction of sp³-hybridized carbons (Fsp3) is 0.120. The smallest absolute Gasteiger partial charge is 0.185 e. The molecule has 140 valence electrons. The normalized spacial score (nSPS) is 10.9. The van der Waals surface area contributed by atoms with Gasteiger partial charge in [0.2, 0.25) is 0 Å². The van der Waals surface area contributed by atoms with Gasteiger partial charge in [-0.1, -0.05) is 79.4 Å². The van der Waals surface area contributed by atoms with Crippen molar-refractivity contribution in [3.05, 3.63) is 102 Å². The molecule has 0 bridgehead atoms. The third kappa shape index (κ3) is 5.54. The van der Waals surface area contributed by atoms with Crippen molar-refractivity contribution >= 4 is 29.4 Å². The fourth-order valence-corrected chi connectivity index (χ4v) is 3.55. The van der Waals surface area contributed by atoms with Crippen LogP contribution >= 0.6 is 11.8 Å². The molecule has 3 aromatic carbocycles. The predicted octanol–water partition coefficient (Wildman–Crippen LogP) is 6.72. The molecule has 0 spiro atoms. The van der Waals surface area contributed by atoms with Gasteiger partial charge < -0.3 is 0 Å². The second kappa shape index (κ2) is 9.86. The minimum Gasteiger partial charge on any atom is -0.294 e. The van der Waals surface area contributed by atoms with Crippen molar-refractivity contribution in [1.82, 2.24) is 0 Å². The third-order valence-electron chi connectivity index (χ3n) is 4.25. The molecule has 3 rings (SSSR count). The molecular formula is C25H22O2S. The molecule has 28 heavy (non-hydrogen) atoms. The Labute approximate surface area is 170 Å². The maximum atomic E-state index is 12.1. The fourth-order valence-electron chi connectivity index (χ4n) is 2.73. The van der Waals surface area contributed by atoms with Gasteiger partial charge in [0.15, 0.2) is 11.6 Å². The Hall–Kier alpha value is -2.91. The van der Waals surface area contributed by atoms with Crippen molar-refractivity contribution in [2.24, 2.45) is 0 Å². The number of benzene rings is 3. The molecule has 3 aromatic rings. The zero-order valence-corrected chi connectivity index (χ0v) is 16.6. The highest BCUT2D eigenvalue weighted by molar-refractivity contribution is 7.99. The molecule has 0 radical (unpaired) electrons. The van der Waals surface area contributed by atoms with Gasteiger partial charge in [0, 0.05) is 27.3 Å². The molecule has 0 aromatic heterocycles. The average molecular weight is 387 g/mol. The number of carbonyl (C=O) groups excluding carboxylic acids is 2. The highest BCUT2D eigenvalue weighted by Gasteiger charge is 2.05. The zero-order valence-electron chi connectivity index (χ0n) is 15.8. The summed E-state index contributed by atoms with van der Waals surface area (Å²) in [5.41, 5.74) is 2.44. The summed E-state index contributed by atoms with van der Waals surface area (Å²) >= 11 is 1.65. The van der Waals surface area contributed by atoms with E-state index in [1.165, 1.54) is 0 Å². The molecule has 0 fully saturated rings. The lowest BCUT2D eigenvalue weighted by Gasteiger charge is -2.04. The molecule has 0 aliphatic rings. The van der Waals surface area contributed by atoms with E-state index < -0.39 is 0 Å². The molecule has 0 aliphatic heterocycles. The highest BCUT2D eigenvalue weighted by Crippen LogP contribution is 2.28. The van der Waals surface area contributed by atoms with E-state index in [1.807, 2.05) is 91.9 Å². The van der Waals surface area contributed by atoms with E-state index in [2.05, 4.69) is 0 Å². The lowest BCUT2D eigenvalue weighted by molar-refractivity contribution is 0.0980. The van der Waals surface area contributed by atoms with Crippen molar-refractivity contribution in [2.75, 3.05) is 0 Å². The van der Waals surface area contributed by atoms with E-state index in [4.69, 9.17) is 0 Å². The molecule has 0 amide bonds. The number of hydrogen-bond donors (Lipinski definition) is 0. The first kappa shape index (κ1) is 19.8. The van der Waals surface area contributed by atoms with E-state index in [-0.39, 0.29) is 11.6 Å². The van der Waals surface area contributed by atoms with E-state index in [0.29, 0.717) is 12.0 Å². The van der Waals surface area contributed by atoms with Crippen LogP contribution in [0.5, 0.6) is 0 Å². The standard InChI is InChI=1S/C25H22O2S/c1-2-6-24(26)21-12-16-23(17-13-21)28-22-14-9-19(10-15-22)11-18-25(27)20-7-4-3-5-8-20/h3-5,7-18H,2,6H2,1H3. The Balaban J connectivity index is 1.60. The highest BCUT2D eigenvalue weighted by atomic mass is 32.2. The molecule has 0 unspecified atom stereocenters. The third-order valence-corrected chi connectivity index (χ3v) is 5.27. The van der Waals surface area contributed by atoms with E-state index in [9.17, 15) is 9.59 Å². The second-order valence-electron chi connectivity index (χ2n) is 6.43. The molecule has 2 nitrogen and oxygen atoms in total. The monoisotopic (exact) mass is 386 g/mol. The van der Waals surface area contributed by atoms with Crippen LogP contribution in [0.25, 0.3) is 6.08 Å². The average Bonchev–Trinajstić information content (AvgIpc) is 2.74. The Morgan fingerprint density at radius 2 is 1.39 bits per heavy atom. The van der Waals surface area contributed by atoms with Crippen LogP contribution in [0.3, 0.4) is 0 Å².